The first-order valence-corrected chi connectivity index (χ1v) is 4.30. The monoisotopic (exact) mass is 202 g/mol. The Morgan fingerprint density at radius 3 is 2.73 bits per heavy atom. The zero-order valence-corrected chi connectivity index (χ0v) is 7.84. The Hall–Kier alpha value is -2.10. The molecular formula is C11H8NO3. The van der Waals surface area contributed by atoms with Gasteiger partial charge in [-0.3, -0.25) is 0 Å². The van der Waals surface area contributed by atoms with Crippen molar-refractivity contribution in [1.29, 1.82) is 0 Å². The number of carbonyl (C=O) groups excluding carboxylic acids is 1. The number of ether oxygens (including phenoxy) is 1. The first-order chi connectivity index (χ1) is 7.31. The number of hydrogen-bond acceptors (Lipinski definition) is 4. The zero-order valence-electron chi connectivity index (χ0n) is 7.84. The second kappa shape index (κ2) is 3.96. The van der Waals surface area contributed by atoms with Crippen LogP contribution >= 0.6 is 0 Å². The van der Waals surface area contributed by atoms with E-state index >= 15 is 0 Å². The van der Waals surface area contributed by atoms with Crippen LogP contribution in [0.1, 0.15) is 10.5 Å². The van der Waals surface area contributed by atoms with Gasteiger partial charge in [0.1, 0.15) is 7.11 Å². The Bertz CT molecular complexity index is 462. The predicted molar refractivity (Wildman–Crippen MR) is 52.7 cm³/mol. The van der Waals surface area contributed by atoms with Crippen LogP contribution in [0.25, 0.3) is 11.3 Å². The zero-order chi connectivity index (χ0) is 10.7. The van der Waals surface area contributed by atoms with Gasteiger partial charge in [-0.15, -0.1) is 0 Å². The maximum atomic E-state index is 11.1. The molecule has 4 nitrogen and oxygen atoms in total. The molecule has 0 saturated carbocycles. The topological polar surface area (TPSA) is 52.3 Å². The van der Waals surface area contributed by atoms with Gasteiger partial charge in [0.25, 0.3) is 0 Å². The molecule has 0 unspecified atom stereocenters. The second-order valence-corrected chi connectivity index (χ2v) is 2.87. The van der Waals surface area contributed by atoms with Gasteiger partial charge in [0.2, 0.25) is 0 Å². The molecule has 15 heavy (non-hydrogen) atoms. The molecule has 0 fully saturated rings. The minimum atomic E-state index is -0.610. The Morgan fingerprint density at radius 2 is 2.07 bits per heavy atom. The van der Waals surface area contributed by atoms with Crippen molar-refractivity contribution in [3.63, 3.8) is 0 Å². The van der Waals surface area contributed by atoms with E-state index in [0.717, 1.165) is 5.56 Å². The molecule has 0 aliphatic carbocycles. The van der Waals surface area contributed by atoms with Crippen LogP contribution in [0.5, 0.6) is 0 Å². The van der Waals surface area contributed by atoms with Crippen LogP contribution in [0.4, 0.5) is 0 Å². The number of nitrogens with zero attached hydrogens (tertiary/aromatic N) is 1. The lowest BCUT2D eigenvalue weighted by molar-refractivity contribution is 0.0642. The largest absolute Gasteiger partial charge is 0.457 e. The minimum Gasteiger partial charge on any atom is -0.457 e. The lowest BCUT2D eigenvalue weighted by atomic mass is 10.2. The average Bonchev–Trinajstić information content (AvgIpc) is 2.78. The van der Waals surface area contributed by atoms with Crippen molar-refractivity contribution in [3.05, 3.63) is 49.2 Å². The number of aromatic nitrogens is 1. The van der Waals surface area contributed by atoms with E-state index in [2.05, 4.69) is 17.0 Å². The van der Waals surface area contributed by atoms with Crippen LogP contribution in [0.2, 0.25) is 0 Å². The quantitative estimate of drug-likeness (QED) is 0.701. The smallest absolute Gasteiger partial charge is 0.360 e. The van der Waals surface area contributed by atoms with Crippen molar-refractivity contribution in [2.45, 2.75) is 0 Å². The molecule has 0 N–H and O–H groups in total. The number of rotatable bonds is 2. The van der Waals surface area contributed by atoms with E-state index in [4.69, 9.17) is 4.52 Å². The van der Waals surface area contributed by atoms with Crippen LogP contribution in [0, 0.1) is 7.11 Å². The molecule has 2 rings (SSSR count). The number of carbonyl (C=O) groups is 1. The van der Waals surface area contributed by atoms with E-state index < -0.39 is 5.97 Å². The van der Waals surface area contributed by atoms with E-state index in [-0.39, 0.29) is 5.69 Å². The normalized spacial score (nSPS) is 9.93. The van der Waals surface area contributed by atoms with Gasteiger partial charge in [0, 0.05) is 11.6 Å². The SMILES string of the molecule is [CH2]OC(=O)c1cc(-c2ccccc2)on1. The van der Waals surface area contributed by atoms with Crippen LogP contribution in [0.15, 0.2) is 40.9 Å². The van der Waals surface area contributed by atoms with E-state index in [9.17, 15) is 4.79 Å². The summed E-state index contributed by atoms with van der Waals surface area (Å²) in [7, 11) is 3.01. The van der Waals surface area contributed by atoms with Gasteiger partial charge in [0.05, 0.1) is 0 Å². The van der Waals surface area contributed by atoms with Gasteiger partial charge in [-0.1, -0.05) is 35.5 Å². The third kappa shape index (κ3) is 1.88. The molecule has 75 valence electrons. The fraction of sp³-hybridized carbons (Fsp3) is 0. The van der Waals surface area contributed by atoms with Gasteiger partial charge >= 0.3 is 5.97 Å². The summed E-state index contributed by atoms with van der Waals surface area (Å²) in [4.78, 5) is 11.1. The number of benzene rings is 1. The fourth-order valence-corrected chi connectivity index (χ4v) is 1.18. The summed E-state index contributed by atoms with van der Waals surface area (Å²) in [5.74, 6) is -0.0862. The highest BCUT2D eigenvalue weighted by Crippen LogP contribution is 2.19. The molecular weight excluding hydrogens is 194 g/mol. The van der Waals surface area contributed by atoms with Crippen molar-refractivity contribution in [2.75, 3.05) is 0 Å². The van der Waals surface area contributed by atoms with Crippen molar-refractivity contribution >= 4 is 5.97 Å². The molecule has 1 aromatic heterocycles. The summed E-state index contributed by atoms with van der Waals surface area (Å²) in [6, 6.07) is 10.9. The van der Waals surface area contributed by atoms with Gasteiger partial charge in [0.15, 0.2) is 11.5 Å². The molecule has 0 atom stereocenters. The second-order valence-electron chi connectivity index (χ2n) is 2.87. The molecule has 0 aliphatic heterocycles. The molecule has 0 saturated heterocycles. The van der Waals surface area contributed by atoms with Gasteiger partial charge in [-0.05, 0) is 0 Å². The van der Waals surface area contributed by atoms with E-state index in [1.54, 1.807) is 0 Å². The lowest BCUT2D eigenvalue weighted by Crippen LogP contribution is -1.98. The highest BCUT2D eigenvalue weighted by Gasteiger charge is 2.13. The van der Waals surface area contributed by atoms with Crippen molar-refractivity contribution in [3.8, 4) is 11.3 Å². The molecule has 2 aromatic rings. The summed E-state index contributed by atoms with van der Waals surface area (Å²) in [5, 5.41) is 3.57. The number of esters is 1. The Kier molecular flexibility index (Phi) is 2.49. The van der Waals surface area contributed by atoms with Crippen molar-refractivity contribution in [1.82, 2.24) is 5.16 Å². The van der Waals surface area contributed by atoms with E-state index in [1.807, 2.05) is 30.3 Å². The summed E-state index contributed by atoms with van der Waals surface area (Å²) >= 11 is 0. The van der Waals surface area contributed by atoms with Crippen LogP contribution < -0.4 is 0 Å². The maximum Gasteiger partial charge on any atom is 0.360 e. The average molecular weight is 202 g/mol. The first-order valence-electron chi connectivity index (χ1n) is 4.30. The van der Waals surface area contributed by atoms with Crippen LogP contribution in [0.3, 0.4) is 0 Å². The third-order valence-electron chi connectivity index (χ3n) is 1.91. The number of hydrogen-bond donors (Lipinski definition) is 0. The van der Waals surface area contributed by atoms with E-state index in [1.165, 1.54) is 6.07 Å². The van der Waals surface area contributed by atoms with Gasteiger partial charge in [-0.25, -0.2) is 4.79 Å². The van der Waals surface area contributed by atoms with Gasteiger partial charge in [-0.2, -0.15) is 0 Å². The molecule has 1 radical (unpaired) electrons. The predicted octanol–water partition coefficient (Wildman–Crippen LogP) is 2.29. The minimum absolute atomic E-state index is 0.115. The van der Waals surface area contributed by atoms with Gasteiger partial charge < -0.3 is 9.26 Å². The Morgan fingerprint density at radius 1 is 1.33 bits per heavy atom. The standard InChI is InChI=1S/C11H8NO3/c1-14-11(13)9-7-10(15-12-9)8-5-3-2-4-6-8/h2-7H,1H2. The summed E-state index contributed by atoms with van der Waals surface area (Å²) < 4.78 is 9.27. The Labute approximate surface area is 86.5 Å². The fourth-order valence-electron chi connectivity index (χ4n) is 1.18. The summed E-state index contributed by atoms with van der Waals surface area (Å²) in [6.07, 6.45) is 0. The molecule has 0 spiro atoms. The molecule has 4 heteroatoms. The van der Waals surface area contributed by atoms with Crippen molar-refractivity contribution < 1.29 is 14.1 Å². The highest BCUT2D eigenvalue weighted by atomic mass is 16.5. The lowest BCUT2D eigenvalue weighted by Gasteiger charge is -1.91. The molecule has 0 aliphatic rings. The van der Waals surface area contributed by atoms with Crippen LogP contribution in [-0.4, -0.2) is 11.1 Å². The maximum absolute atomic E-state index is 11.1. The third-order valence-corrected chi connectivity index (χ3v) is 1.91. The summed E-state index contributed by atoms with van der Waals surface area (Å²) in [6.45, 7) is 0. The molecule has 0 amide bonds. The van der Waals surface area contributed by atoms with Crippen molar-refractivity contribution in [2.24, 2.45) is 0 Å². The molecule has 1 heterocycles. The highest BCUT2D eigenvalue weighted by molar-refractivity contribution is 5.88. The van der Waals surface area contributed by atoms with Crippen LogP contribution in [-0.2, 0) is 4.74 Å². The molecule has 0 bridgehead atoms. The first kappa shape index (κ1) is 9.45. The Balaban J connectivity index is 2.32. The molecule has 1 aromatic carbocycles. The van der Waals surface area contributed by atoms with E-state index in [0.29, 0.717) is 5.76 Å². The summed E-state index contributed by atoms with van der Waals surface area (Å²) in [5.41, 5.74) is 0.969.